The Morgan fingerprint density at radius 2 is 2.27 bits per heavy atom. The van der Waals surface area contributed by atoms with Gasteiger partial charge in [-0.15, -0.1) is 0 Å². The van der Waals surface area contributed by atoms with E-state index < -0.39 is 6.04 Å². The van der Waals surface area contributed by atoms with Crippen LogP contribution in [0.25, 0.3) is 0 Å². The molecule has 4 heteroatoms. The van der Waals surface area contributed by atoms with Crippen molar-refractivity contribution in [3.63, 3.8) is 0 Å². The molecule has 0 unspecified atom stereocenters. The molecule has 0 aromatic heterocycles. The maximum Gasteiger partial charge on any atom is 0.239 e. The Labute approximate surface area is 91.8 Å². The summed E-state index contributed by atoms with van der Waals surface area (Å²) >= 11 is 0. The molecule has 1 saturated heterocycles. The maximum atomic E-state index is 11.7. The van der Waals surface area contributed by atoms with Crippen molar-refractivity contribution < 1.29 is 9.53 Å². The first-order valence-electron chi connectivity index (χ1n) is 5.42. The third-order valence-corrected chi connectivity index (χ3v) is 3.21. The Morgan fingerprint density at radius 1 is 1.67 bits per heavy atom. The third kappa shape index (κ3) is 2.69. The number of carbonyl (C=O) groups excluding carboxylic acids is 1. The number of hydrogen-bond donors (Lipinski definition) is 1. The summed E-state index contributed by atoms with van der Waals surface area (Å²) < 4.78 is 5.18. The van der Waals surface area contributed by atoms with Crippen molar-refractivity contribution >= 4 is 5.91 Å². The SMILES string of the molecule is COC[C@H]1CN(C(=O)[C@@H](C)N)CC1(C)C. The van der Waals surface area contributed by atoms with Gasteiger partial charge in [0.05, 0.1) is 12.6 Å². The van der Waals surface area contributed by atoms with E-state index >= 15 is 0 Å². The Balaban J connectivity index is 2.65. The summed E-state index contributed by atoms with van der Waals surface area (Å²) in [7, 11) is 1.70. The van der Waals surface area contributed by atoms with Gasteiger partial charge in [-0.05, 0) is 12.3 Å². The number of ether oxygens (including phenoxy) is 1. The standard InChI is InChI=1S/C11H22N2O2/c1-8(12)10(14)13-5-9(6-15-4)11(2,3)7-13/h8-9H,5-7,12H2,1-4H3/t8-,9-/m1/s1. The van der Waals surface area contributed by atoms with E-state index in [-0.39, 0.29) is 11.3 Å². The van der Waals surface area contributed by atoms with Gasteiger partial charge in [0.2, 0.25) is 5.91 Å². The van der Waals surface area contributed by atoms with Crippen molar-refractivity contribution in [2.24, 2.45) is 17.1 Å². The number of methoxy groups -OCH3 is 1. The van der Waals surface area contributed by atoms with Gasteiger partial charge >= 0.3 is 0 Å². The minimum Gasteiger partial charge on any atom is -0.384 e. The number of nitrogens with two attached hydrogens (primary N) is 1. The second kappa shape index (κ2) is 4.49. The van der Waals surface area contributed by atoms with Crippen LogP contribution < -0.4 is 5.73 Å². The molecule has 1 aliphatic heterocycles. The van der Waals surface area contributed by atoms with Gasteiger partial charge in [-0.1, -0.05) is 13.8 Å². The molecule has 4 nitrogen and oxygen atoms in total. The van der Waals surface area contributed by atoms with Crippen LogP contribution in [0, 0.1) is 11.3 Å². The number of hydrogen-bond acceptors (Lipinski definition) is 3. The summed E-state index contributed by atoms with van der Waals surface area (Å²) in [5, 5.41) is 0. The summed E-state index contributed by atoms with van der Waals surface area (Å²) in [5.74, 6) is 0.451. The van der Waals surface area contributed by atoms with Crippen molar-refractivity contribution in [1.82, 2.24) is 4.90 Å². The fourth-order valence-corrected chi connectivity index (χ4v) is 2.13. The van der Waals surface area contributed by atoms with Crippen LogP contribution in [-0.2, 0) is 9.53 Å². The van der Waals surface area contributed by atoms with Crippen molar-refractivity contribution in [3.8, 4) is 0 Å². The van der Waals surface area contributed by atoms with Gasteiger partial charge in [-0.2, -0.15) is 0 Å². The van der Waals surface area contributed by atoms with Crippen molar-refractivity contribution in [2.75, 3.05) is 26.8 Å². The number of amides is 1. The molecule has 0 bridgehead atoms. The number of carbonyl (C=O) groups is 1. The molecule has 0 aromatic rings. The van der Waals surface area contributed by atoms with Gasteiger partial charge in [0.1, 0.15) is 0 Å². The first kappa shape index (κ1) is 12.5. The Morgan fingerprint density at radius 3 is 2.73 bits per heavy atom. The lowest BCUT2D eigenvalue weighted by Gasteiger charge is -2.24. The first-order valence-corrected chi connectivity index (χ1v) is 5.42. The summed E-state index contributed by atoms with van der Waals surface area (Å²) in [5.41, 5.74) is 5.73. The van der Waals surface area contributed by atoms with Gasteiger partial charge in [0, 0.05) is 26.1 Å². The Kier molecular flexibility index (Phi) is 3.73. The van der Waals surface area contributed by atoms with Gasteiger partial charge in [-0.25, -0.2) is 0 Å². The second-order valence-electron chi connectivity index (χ2n) is 5.15. The van der Waals surface area contributed by atoms with Crippen LogP contribution in [0.4, 0.5) is 0 Å². The lowest BCUT2D eigenvalue weighted by molar-refractivity contribution is -0.131. The zero-order chi connectivity index (χ0) is 11.6. The molecule has 0 aromatic carbocycles. The summed E-state index contributed by atoms with van der Waals surface area (Å²) in [6.07, 6.45) is 0. The molecule has 1 aliphatic rings. The largest absolute Gasteiger partial charge is 0.384 e. The van der Waals surface area contributed by atoms with Crippen LogP contribution in [0.2, 0.25) is 0 Å². The van der Waals surface area contributed by atoms with Gasteiger partial charge in [0.15, 0.2) is 0 Å². The van der Waals surface area contributed by atoms with E-state index in [1.165, 1.54) is 0 Å². The summed E-state index contributed by atoms with van der Waals surface area (Å²) in [6, 6.07) is -0.401. The van der Waals surface area contributed by atoms with Crippen LogP contribution in [-0.4, -0.2) is 43.7 Å². The van der Waals surface area contributed by atoms with Crippen LogP contribution in [0.15, 0.2) is 0 Å². The van der Waals surface area contributed by atoms with Crippen molar-refractivity contribution in [1.29, 1.82) is 0 Å². The number of rotatable bonds is 3. The normalized spacial score (nSPS) is 26.7. The van der Waals surface area contributed by atoms with Crippen LogP contribution in [0.3, 0.4) is 0 Å². The highest BCUT2D eigenvalue weighted by molar-refractivity contribution is 5.81. The Bertz CT molecular complexity index is 239. The summed E-state index contributed by atoms with van der Waals surface area (Å²) in [4.78, 5) is 13.6. The van der Waals surface area contributed by atoms with E-state index in [4.69, 9.17) is 10.5 Å². The molecule has 2 atom stereocenters. The summed E-state index contributed by atoms with van der Waals surface area (Å²) in [6.45, 7) is 8.33. The molecular weight excluding hydrogens is 192 g/mol. The highest BCUT2D eigenvalue weighted by Gasteiger charge is 2.41. The van der Waals surface area contributed by atoms with Gasteiger partial charge in [0.25, 0.3) is 0 Å². The van der Waals surface area contributed by atoms with Gasteiger partial charge < -0.3 is 15.4 Å². The molecule has 2 N–H and O–H groups in total. The van der Waals surface area contributed by atoms with E-state index in [1.54, 1.807) is 14.0 Å². The molecule has 1 amide bonds. The lowest BCUT2D eigenvalue weighted by atomic mass is 9.83. The highest BCUT2D eigenvalue weighted by Crippen LogP contribution is 2.35. The molecule has 15 heavy (non-hydrogen) atoms. The van der Waals surface area contributed by atoms with Crippen molar-refractivity contribution in [3.05, 3.63) is 0 Å². The van der Waals surface area contributed by atoms with Gasteiger partial charge in [-0.3, -0.25) is 4.79 Å². The molecule has 0 saturated carbocycles. The van der Waals surface area contributed by atoms with Crippen LogP contribution in [0.5, 0.6) is 0 Å². The van der Waals surface area contributed by atoms with E-state index in [2.05, 4.69) is 13.8 Å². The molecule has 1 rings (SSSR count). The number of nitrogens with zero attached hydrogens (tertiary/aromatic N) is 1. The zero-order valence-corrected chi connectivity index (χ0v) is 10.1. The smallest absolute Gasteiger partial charge is 0.239 e. The fourth-order valence-electron chi connectivity index (χ4n) is 2.13. The molecule has 88 valence electrons. The average molecular weight is 214 g/mol. The predicted molar refractivity (Wildman–Crippen MR) is 59.4 cm³/mol. The van der Waals surface area contributed by atoms with Crippen molar-refractivity contribution in [2.45, 2.75) is 26.8 Å². The fraction of sp³-hybridized carbons (Fsp3) is 0.909. The molecule has 0 spiro atoms. The molecule has 0 radical (unpaired) electrons. The quantitative estimate of drug-likeness (QED) is 0.743. The van der Waals surface area contributed by atoms with Crippen LogP contribution >= 0.6 is 0 Å². The van der Waals surface area contributed by atoms with E-state index in [1.807, 2.05) is 4.90 Å². The lowest BCUT2D eigenvalue weighted by Crippen LogP contribution is -2.41. The minimum absolute atomic E-state index is 0.0432. The molecule has 1 fully saturated rings. The molecule has 1 heterocycles. The van der Waals surface area contributed by atoms with Crippen LogP contribution in [0.1, 0.15) is 20.8 Å². The maximum absolute atomic E-state index is 11.7. The zero-order valence-electron chi connectivity index (χ0n) is 10.1. The first-order chi connectivity index (χ1) is 6.88. The minimum atomic E-state index is -0.401. The van der Waals surface area contributed by atoms with E-state index in [9.17, 15) is 4.79 Å². The van der Waals surface area contributed by atoms with E-state index in [0.717, 1.165) is 13.1 Å². The number of likely N-dealkylation sites (tertiary alicyclic amines) is 1. The monoisotopic (exact) mass is 214 g/mol. The topological polar surface area (TPSA) is 55.6 Å². The molecular formula is C11H22N2O2. The molecule has 0 aliphatic carbocycles. The Hall–Kier alpha value is -0.610. The van der Waals surface area contributed by atoms with E-state index in [0.29, 0.717) is 12.5 Å². The average Bonchev–Trinajstić information content (AvgIpc) is 2.41. The predicted octanol–water partition coefficient (Wildman–Crippen LogP) is 0.465. The highest BCUT2D eigenvalue weighted by atomic mass is 16.5. The third-order valence-electron chi connectivity index (χ3n) is 3.21. The second-order valence-corrected chi connectivity index (χ2v) is 5.15.